The number of aliphatic hydroxyl groups is 1. The van der Waals surface area contributed by atoms with Crippen molar-refractivity contribution in [3.8, 4) is 0 Å². The highest BCUT2D eigenvalue weighted by molar-refractivity contribution is 5.95. The molecule has 0 aliphatic carbocycles. The molecule has 1 fully saturated rings. The van der Waals surface area contributed by atoms with Crippen molar-refractivity contribution in [3.63, 3.8) is 0 Å². The molecule has 25 heavy (non-hydrogen) atoms. The van der Waals surface area contributed by atoms with Gasteiger partial charge in [-0.3, -0.25) is 9.59 Å². The van der Waals surface area contributed by atoms with Crippen LogP contribution in [-0.2, 0) is 4.79 Å². The molecule has 1 aromatic rings. The van der Waals surface area contributed by atoms with Gasteiger partial charge in [0.1, 0.15) is 0 Å². The Morgan fingerprint density at radius 1 is 1.28 bits per heavy atom. The van der Waals surface area contributed by atoms with Crippen molar-refractivity contribution >= 4 is 11.8 Å². The third-order valence-corrected chi connectivity index (χ3v) is 5.08. The van der Waals surface area contributed by atoms with Crippen LogP contribution in [0.2, 0.25) is 0 Å². The fourth-order valence-corrected chi connectivity index (χ4v) is 3.53. The Bertz CT molecular complexity index is 609. The summed E-state index contributed by atoms with van der Waals surface area (Å²) in [7, 11) is 1.79. The second kappa shape index (κ2) is 8.48. The van der Waals surface area contributed by atoms with E-state index >= 15 is 0 Å². The van der Waals surface area contributed by atoms with E-state index in [1.165, 1.54) is 0 Å². The number of carbonyl (C=O) groups excluding carboxylic acids is 2. The Morgan fingerprint density at radius 2 is 1.92 bits per heavy atom. The number of rotatable bonds is 5. The van der Waals surface area contributed by atoms with Crippen molar-refractivity contribution in [1.82, 2.24) is 9.80 Å². The van der Waals surface area contributed by atoms with Gasteiger partial charge in [-0.2, -0.15) is 0 Å². The summed E-state index contributed by atoms with van der Waals surface area (Å²) in [4.78, 5) is 29.1. The minimum Gasteiger partial charge on any atom is -0.396 e. The fraction of sp³-hybridized carbons (Fsp3) is 0.600. The molecular formula is C20H30N2O3. The number of benzene rings is 1. The molecule has 1 N–H and O–H groups in total. The second-order valence-corrected chi connectivity index (χ2v) is 7.28. The molecule has 1 heterocycles. The first-order valence-corrected chi connectivity index (χ1v) is 9.08. The lowest BCUT2D eigenvalue weighted by atomic mass is 9.95. The number of likely N-dealkylation sites (tertiary alicyclic amines) is 1. The van der Waals surface area contributed by atoms with Gasteiger partial charge >= 0.3 is 0 Å². The van der Waals surface area contributed by atoms with E-state index in [1.54, 1.807) is 11.9 Å². The van der Waals surface area contributed by atoms with Crippen LogP contribution in [0.3, 0.4) is 0 Å². The summed E-state index contributed by atoms with van der Waals surface area (Å²) in [5, 5.41) is 9.07. The lowest BCUT2D eigenvalue weighted by Crippen LogP contribution is -2.47. The molecule has 5 heteroatoms. The third kappa shape index (κ3) is 4.82. The first-order valence-electron chi connectivity index (χ1n) is 9.08. The number of hydrogen-bond donors (Lipinski definition) is 1. The monoisotopic (exact) mass is 346 g/mol. The molecule has 2 unspecified atom stereocenters. The van der Waals surface area contributed by atoms with E-state index in [0.717, 1.165) is 24.0 Å². The summed E-state index contributed by atoms with van der Waals surface area (Å²) >= 11 is 0. The molecular weight excluding hydrogens is 316 g/mol. The molecule has 0 saturated carbocycles. The normalized spacial score (nSPS) is 18.8. The van der Waals surface area contributed by atoms with Crippen molar-refractivity contribution in [2.75, 3.05) is 26.7 Å². The zero-order chi connectivity index (χ0) is 18.6. The van der Waals surface area contributed by atoms with E-state index in [2.05, 4.69) is 6.07 Å². The molecule has 138 valence electrons. The van der Waals surface area contributed by atoms with Gasteiger partial charge in [-0.1, -0.05) is 17.2 Å². The third-order valence-electron chi connectivity index (χ3n) is 5.08. The van der Waals surface area contributed by atoms with Gasteiger partial charge < -0.3 is 14.9 Å². The smallest absolute Gasteiger partial charge is 0.253 e. The molecule has 2 rings (SSSR count). The molecule has 1 aliphatic rings. The Hall–Kier alpha value is -1.88. The Morgan fingerprint density at radius 3 is 2.52 bits per heavy atom. The highest BCUT2D eigenvalue weighted by Crippen LogP contribution is 2.22. The van der Waals surface area contributed by atoms with Crippen LogP contribution in [0, 0.1) is 19.8 Å². The van der Waals surface area contributed by atoms with Gasteiger partial charge in [-0.05, 0) is 52.2 Å². The Kier molecular flexibility index (Phi) is 6.59. The van der Waals surface area contributed by atoms with Crippen molar-refractivity contribution < 1.29 is 14.7 Å². The fourth-order valence-electron chi connectivity index (χ4n) is 3.53. The number of piperidine rings is 1. The van der Waals surface area contributed by atoms with Crippen molar-refractivity contribution in [3.05, 3.63) is 34.9 Å². The molecule has 0 radical (unpaired) electrons. The largest absolute Gasteiger partial charge is 0.396 e. The maximum atomic E-state index is 12.8. The van der Waals surface area contributed by atoms with E-state index in [1.807, 2.05) is 37.8 Å². The number of hydrogen-bond acceptors (Lipinski definition) is 3. The van der Waals surface area contributed by atoms with Crippen molar-refractivity contribution in [1.29, 1.82) is 0 Å². The summed E-state index contributed by atoms with van der Waals surface area (Å²) in [6, 6.07) is 5.88. The predicted octanol–water partition coefficient (Wildman–Crippen LogP) is 2.38. The van der Waals surface area contributed by atoms with Crippen LogP contribution in [0.4, 0.5) is 0 Å². The molecule has 0 spiro atoms. The highest BCUT2D eigenvalue weighted by atomic mass is 16.3. The predicted molar refractivity (Wildman–Crippen MR) is 98.5 cm³/mol. The van der Waals surface area contributed by atoms with Gasteiger partial charge in [0.2, 0.25) is 5.91 Å². The zero-order valence-electron chi connectivity index (χ0n) is 15.8. The standard InChI is InChI=1S/C20H30N2O3/c1-14-10-15(2)12-18(11-14)20(25)22-8-5-6-17(13-22)19(24)21(4)16(3)7-9-23/h10-12,16-17,23H,5-9,13H2,1-4H3. The molecule has 5 nitrogen and oxygen atoms in total. The average molecular weight is 346 g/mol. The number of amides is 2. The van der Waals surface area contributed by atoms with Crippen molar-refractivity contribution in [2.24, 2.45) is 5.92 Å². The van der Waals surface area contributed by atoms with Crippen LogP contribution in [0.25, 0.3) is 0 Å². The Labute approximate surface area is 150 Å². The summed E-state index contributed by atoms with van der Waals surface area (Å²) in [5.74, 6) is -0.0796. The Balaban J connectivity index is 2.07. The van der Waals surface area contributed by atoms with Crippen LogP contribution >= 0.6 is 0 Å². The quantitative estimate of drug-likeness (QED) is 0.890. The first kappa shape index (κ1) is 19.4. The summed E-state index contributed by atoms with van der Waals surface area (Å²) in [6.07, 6.45) is 2.22. The maximum Gasteiger partial charge on any atom is 0.253 e. The van der Waals surface area contributed by atoms with Crippen LogP contribution in [0.5, 0.6) is 0 Å². The SMILES string of the molecule is Cc1cc(C)cc(C(=O)N2CCCC(C(=O)N(C)C(C)CCO)C2)c1. The molecule has 2 amide bonds. The van der Waals surface area contributed by atoms with Gasteiger partial charge in [-0.15, -0.1) is 0 Å². The zero-order valence-corrected chi connectivity index (χ0v) is 15.8. The van der Waals surface area contributed by atoms with Crippen LogP contribution in [0.1, 0.15) is 47.7 Å². The molecule has 1 saturated heterocycles. The van der Waals surface area contributed by atoms with Gasteiger partial charge in [-0.25, -0.2) is 0 Å². The molecule has 1 aliphatic heterocycles. The minimum absolute atomic E-state index is 0.00278. The highest BCUT2D eigenvalue weighted by Gasteiger charge is 2.31. The average Bonchev–Trinajstić information content (AvgIpc) is 2.59. The van der Waals surface area contributed by atoms with Crippen LogP contribution in [0.15, 0.2) is 18.2 Å². The lowest BCUT2D eigenvalue weighted by molar-refractivity contribution is -0.137. The summed E-state index contributed by atoms with van der Waals surface area (Å²) in [5.41, 5.74) is 2.85. The molecule has 0 bridgehead atoms. The van der Waals surface area contributed by atoms with E-state index in [0.29, 0.717) is 25.1 Å². The minimum atomic E-state index is -0.158. The van der Waals surface area contributed by atoms with Gasteiger partial charge in [0.05, 0.1) is 5.92 Å². The number of aliphatic hydroxyl groups excluding tert-OH is 1. The van der Waals surface area contributed by atoms with E-state index in [-0.39, 0.29) is 30.4 Å². The molecule has 2 atom stereocenters. The van der Waals surface area contributed by atoms with E-state index in [4.69, 9.17) is 5.11 Å². The number of carbonyl (C=O) groups is 2. The van der Waals surface area contributed by atoms with Crippen LogP contribution < -0.4 is 0 Å². The summed E-state index contributed by atoms with van der Waals surface area (Å²) < 4.78 is 0. The number of aryl methyl sites for hydroxylation is 2. The van der Waals surface area contributed by atoms with Gasteiger partial charge in [0, 0.05) is 38.3 Å². The topological polar surface area (TPSA) is 60.9 Å². The second-order valence-electron chi connectivity index (χ2n) is 7.28. The summed E-state index contributed by atoms with van der Waals surface area (Å²) in [6.45, 7) is 7.16. The lowest BCUT2D eigenvalue weighted by Gasteiger charge is -2.35. The van der Waals surface area contributed by atoms with E-state index < -0.39 is 0 Å². The van der Waals surface area contributed by atoms with E-state index in [9.17, 15) is 9.59 Å². The van der Waals surface area contributed by atoms with Crippen molar-refractivity contribution in [2.45, 2.75) is 46.1 Å². The maximum absolute atomic E-state index is 12.8. The molecule has 0 aromatic heterocycles. The first-order chi connectivity index (χ1) is 11.8. The van der Waals surface area contributed by atoms with Gasteiger partial charge in [0.15, 0.2) is 0 Å². The molecule has 1 aromatic carbocycles. The van der Waals surface area contributed by atoms with Gasteiger partial charge in [0.25, 0.3) is 5.91 Å². The number of nitrogens with zero attached hydrogens (tertiary/aromatic N) is 2. The van der Waals surface area contributed by atoms with Crippen LogP contribution in [-0.4, -0.2) is 59.5 Å².